The topological polar surface area (TPSA) is 50.9 Å². The Hall–Kier alpha value is -1.39. The average molecular weight is 261 g/mol. The number of anilines is 2. The first-order valence-electron chi connectivity index (χ1n) is 6.09. The molecule has 0 bridgehead atoms. The molecule has 0 saturated heterocycles. The maximum Gasteiger partial charge on any atom is 0.187 e. The molecule has 1 unspecified atom stereocenters. The van der Waals surface area contributed by atoms with E-state index in [-0.39, 0.29) is 6.04 Å². The summed E-state index contributed by atoms with van der Waals surface area (Å²) < 4.78 is 0. The van der Waals surface area contributed by atoms with Crippen LogP contribution in [0.25, 0.3) is 0 Å². The van der Waals surface area contributed by atoms with Crippen LogP contribution in [-0.4, -0.2) is 11.0 Å². The van der Waals surface area contributed by atoms with E-state index in [0.717, 1.165) is 22.9 Å². The lowest BCUT2D eigenvalue weighted by Gasteiger charge is -2.06. The molecule has 3 nitrogen and oxygen atoms in total. The Morgan fingerprint density at radius 1 is 1.33 bits per heavy atom. The van der Waals surface area contributed by atoms with Gasteiger partial charge in [-0.05, 0) is 44.0 Å². The van der Waals surface area contributed by atoms with Gasteiger partial charge in [-0.25, -0.2) is 4.98 Å². The van der Waals surface area contributed by atoms with Gasteiger partial charge >= 0.3 is 0 Å². The van der Waals surface area contributed by atoms with Gasteiger partial charge in [0.05, 0.1) is 5.69 Å². The number of nitrogens with two attached hydrogens (primary N) is 1. The molecular weight excluding hydrogens is 242 g/mol. The maximum absolute atomic E-state index is 5.77. The first-order valence-corrected chi connectivity index (χ1v) is 6.97. The molecule has 0 saturated carbocycles. The molecule has 0 aliphatic heterocycles. The van der Waals surface area contributed by atoms with E-state index in [9.17, 15) is 0 Å². The number of benzene rings is 1. The Bertz CT molecular complexity index is 532. The van der Waals surface area contributed by atoms with Crippen LogP contribution >= 0.6 is 11.3 Å². The number of nitrogens with zero attached hydrogens (tertiary/aromatic N) is 1. The molecule has 0 aliphatic carbocycles. The highest BCUT2D eigenvalue weighted by atomic mass is 32.1. The molecule has 0 spiro atoms. The second-order valence-corrected chi connectivity index (χ2v) is 5.61. The summed E-state index contributed by atoms with van der Waals surface area (Å²) in [7, 11) is 0. The van der Waals surface area contributed by atoms with Gasteiger partial charge in [0.15, 0.2) is 5.13 Å². The van der Waals surface area contributed by atoms with Gasteiger partial charge in [0, 0.05) is 23.5 Å². The van der Waals surface area contributed by atoms with Crippen molar-refractivity contribution in [3.05, 3.63) is 40.4 Å². The third-order valence-corrected chi connectivity index (χ3v) is 3.65. The van der Waals surface area contributed by atoms with Crippen LogP contribution in [-0.2, 0) is 6.42 Å². The fraction of sp³-hybridized carbons (Fsp3) is 0.357. The van der Waals surface area contributed by atoms with Gasteiger partial charge in [0.25, 0.3) is 0 Å². The third kappa shape index (κ3) is 3.31. The molecule has 2 rings (SSSR count). The smallest absolute Gasteiger partial charge is 0.187 e. The summed E-state index contributed by atoms with van der Waals surface area (Å²) in [5.41, 5.74) is 10.5. The van der Waals surface area contributed by atoms with Crippen molar-refractivity contribution in [2.45, 2.75) is 33.2 Å². The van der Waals surface area contributed by atoms with Gasteiger partial charge < -0.3 is 11.1 Å². The van der Waals surface area contributed by atoms with Crippen LogP contribution in [0.3, 0.4) is 0 Å². The van der Waals surface area contributed by atoms with E-state index < -0.39 is 0 Å². The molecule has 3 N–H and O–H groups in total. The standard InChI is InChI=1S/C14H19N3S/c1-9-4-5-12(6-10(9)2)16-14-17-13(8-18-14)7-11(3)15/h4-6,8,11H,7,15H2,1-3H3,(H,16,17). The second-order valence-electron chi connectivity index (χ2n) is 4.75. The maximum atomic E-state index is 5.77. The molecule has 2 aromatic rings. The number of thiazole rings is 1. The highest BCUT2D eigenvalue weighted by molar-refractivity contribution is 7.13. The second kappa shape index (κ2) is 5.50. The summed E-state index contributed by atoms with van der Waals surface area (Å²) in [5.74, 6) is 0. The van der Waals surface area contributed by atoms with Gasteiger partial charge in [0.1, 0.15) is 0 Å². The third-order valence-electron chi connectivity index (χ3n) is 2.84. The van der Waals surface area contributed by atoms with E-state index in [2.05, 4.69) is 47.7 Å². The summed E-state index contributed by atoms with van der Waals surface area (Å²) in [6.45, 7) is 6.23. The predicted molar refractivity (Wildman–Crippen MR) is 78.7 cm³/mol. The lowest BCUT2D eigenvalue weighted by atomic mass is 10.1. The van der Waals surface area contributed by atoms with Gasteiger partial charge in [0.2, 0.25) is 0 Å². The predicted octanol–water partition coefficient (Wildman–Crippen LogP) is 3.39. The minimum atomic E-state index is 0.154. The van der Waals surface area contributed by atoms with Gasteiger partial charge in [-0.1, -0.05) is 6.07 Å². The first kappa shape index (κ1) is 13.1. The Morgan fingerprint density at radius 3 is 2.78 bits per heavy atom. The summed E-state index contributed by atoms with van der Waals surface area (Å²) >= 11 is 1.62. The number of nitrogens with one attached hydrogen (secondary N) is 1. The molecular formula is C14H19N3S. The minimum absolute atomic E-state index is 0.154. The number of aromatic nitrogens is 1. The molecule has 1 heterocycles. The van der Waals surface area contributed by atoms with Crippen molar-refractivity contribution < 1.29 is 0 Å². The van der Waals surface area contributed by atoms with Gasteiger partial charge in [-0.3, -0.25) is 0 Å². The van der Waals surface area contributed by atoms with Crippen molar-refractivity contribution in [2.24, 2.45) is 5.73 Å². The minimum Gasteiger partial charge on any atom is -0.332 e. The summed E-state index contributed by atoms with van der Waals surface area (Å²) in [4.78, 5) is 4.53. The van der Waals surface area contributed by atoms with E-state index in [1.54, 1.807) is 11.3 Å². The molecule has 18 heavy (non-hydrogen) atoms. The quantitative estimate of drug-likeness (QED) is 0.887. The molecule has 1 aromatic carbocycles. The van der Waals surface area contributed by atoms with Crippen LogP contribution in [0.4, 0.5) is 10.8 Å². The van der Waals surface area contributed by atoms with Gasteiger partial charge in [-0.15, -0.1) is 11.3 Å². The van der Waals surface area contributed by atoms with Crippen molar-refractivity contribution in [3.63, 3.8) is 0 Å². The Balaban J connectivity index is 2.08. The zero-order valence-corrected chi connectivity index (χ0v) is 11.8. The Kier molecular flexibility index (Phi) is 3.99. The van der Waals surface area contributed by atoms with Crippen LogP contribution in [0.2, 0.25) is 0 Å². The monoisotopic (exact) mass is 261 g/mol. The molecule has 0 amide bonds. The lowest BCUT2D eigenvalue weighted by Crippen LogP contribution is -2.17. The van der Waals surface area contributed by atoms with Crippen molar-refractivity contribution in [1.82, 2.24) is 4.98 Å². The average Bonchev–Trinajstić information content (AvgIpc) is 2.70. The molecule has 1 aromatic heterocycles. The SMILES string of the molecule is Cc1ccc(Nc2nc(CC(C)N)cs2)cc1C. The normalized spacial score (nSPS) is 12.4. The number of aryl methyl sites for hydroxylation is 2. The van der Waals surface area contributed by atoms with E-state index in [0.29, 0.717) is 0 Å². The molecule has 0 fully saturated rings. The van der Waals surface area contributed by atoms with Crippen LogP contribution in [0.5, 0.6) is 0 Å². The number of rotatable bonds is 4. The lowest BCUT2D eigenvalue weighted by molar-refractivity contribution is 0.726. The molecule has 0 radical (unpaired) electrons. The summed E-state index contributed by atoms with van der Waals surface area (Å²) in [6, 6.07) is 6.49. The van der Waals surface area contributed by atoms with Crippen LogP contribution < -0.4 is 11.1 Å². The summed E-state index contributed by atoms with van der Waals surface area (Å²) in [5, 5.41) is 6.32. The Labute approximate surface area is 112 Å². The zero-order chi connectivity index (χ0) is 13.1. The highest BCUT2D eigenvalue weighted by Gasteiger charge is 2.05. The molecule has 96 valence electrons. The van der Waals surface area contributed by atoms with E-state index in [1.807, 2.05) is 6.92 Å². The van der Waals surface area contributed by atoms with E-state index in [4.69, 9.17) is 5.73 Å². The summed E-state index contributed by atoms with van der Waals surface area (Å²) in [6.07, 6.45) is 0.825. The zero-order valence-electron chi connectivity index (χ0n) is 11.0. The van der Waals surface area contributed by atoms with Crippen molar-refractivity contribution >= 4 is 22.2 Å². The van der Waals surface area contributed by atoms with Crippen LogP contribution in [0.1, 0.15) is 23.7 Å². The fourth-order valence-corrected chi connectivity index (χ4v) is 2.47. The van der Waals surface area contributed by atoms with Crippen LogP contribution in [0.15, 0.2) is 23.6 Å². The Morgan fingerprint density at radius 2 is 2.11 bits per heavy atom. The number of hydrogen-bond acceptors (Lipinski definition) is 4. The molecule has 1 atom stereocenters. The van der Waals surface area contributed by atoms with E-state index >= 15 is 0 Å². The van der Waals surface area contributed by atoms with Gasteiger partial charge in [-0.2, -0.15) is 0 Å². The largest absolute Gasteiger partial charge is 0.332 e. The van der Waals surface area contributed by atoms with Crippen LogP contribution in [0, 0.1) is 13.8 Å². The number of hydrogen-bond donors (Lipinski definition) is 2. The first-order chi connectivity index (χ1) is 8.54. The molecule has 0 aliphatic rings. The van der Waals surface area contributed by atoms with Crippen molar-refractivity contribution in [2.75, 3.05) is 5.32 Å². The van der Waals surface area contributed by atoms with E-state index in [1.165, 1.54) is 11.1 Å². The fourth-order valence-electron chi connectivity index (χ4n) is 1.73. The van der Waals surface area contributed by atoms with Crippen molar-refractivity contribution in [1.29, 1.82) is 0 Å². The molecule has 4 heteroatoms. The van der Waals surface area contributed by atoms with Crippen molar-refractivity contribution in [3.8, 4) is 0 Å². The highest BCUT2D eigenvalue weighted by Crippen LogP contribution is 2.23.